The van der Waals surface area contributed by atoms with Gasteiger partial charge in [0.2, 0.25) is 0 Å². The van der Waals surface area contributed by atoms with Crippen LogP contribution in [-0.4, -0.2) is 14.3 Å². The van der Waals surface area contributed by atoms with E-state index in [1.807, 2.05) is 29.7 Å². The number of aryl methyl sites for hydroxylation is 1. The van der Waals surface area contributed by atoms with Gasteiger partial charge in [-0.05, 0) is 48.4 Å². The lowest BCUT2D eigenvalue weighted by Gasteiger charge is -2.14. The first kappa shape index (κ1) is 19.2. The van der Waals surface area contributed by atoms with Crippen LogP contribution in [0.15, 0.2) is 77.7 Å². The van der Waals surface area contributed by atoms with E-state index in [1.165, 1.54) is 28.9 Å². The van der Waals surface area contributed by atoms with Gasteiger partial charge in [-0.3, -0.25) is 4.79 Å². The maximum Gasteiger partial charge on any atom is 0.278 e. The molecule has 0 amide bonds. The molecule has 2 aliphatic rings. The minimum Gasteiger partial charge on any atom is -0.342 e. The second-order valence-corrected chi connectivity index (χ2v) is 7.76. The fourth-order valence-corrected chi connectivity index (χ4v) is 3.96. The zero-order chi connectivity index (χ0) is 21.5. The Morgan fingerprint density at radius 3 is 2.42 bits per heavy atom. The molecule has 0 unspecified atom stereocenters. The van der Waals surface area contributed by atoms with Gasteiger partial charge in [-0.25, -0.2) is 13.5 Å². The largest absolute Gasteiger partial charge is 0.342 e. The van der Waals surface area contributed by atoms with Gasteiger partial charge in [0, 0.05) is 18.1 Å². The second kappa shape index (κ2) is 7.47. The summed E-state index contributed by atoms with van der Waals surface area (Å²) in [6, 6.07) is 18.6. The Morgan fingerprint density at radius 1 is 0.871 bits per heavy atom. The first-order chi connectivity index (χ1) is 15.0. The highest BCUT2D eigenvalue weighted by molar-refractivity contribution is 5.93. The summed E-state index contributed by atoms with van der Waals surface area (Å²) < 4.78 is 30.6. The van der Waals surface area contributed by atoms with Gasteiger partial charge >= 0.3 is 0 Å². The predicted octanol–water partition coefficient (Wildman–Crippen LogP) is 4.99. The Balaban J connectivity index is 1.67. The van der Waals surface area contributed by atoms with Gasteiger partial charge in [0.15, 0.2) is 0 Å². The van der Waals surface area contributed by atoms with Crippen molar-refractivity contribution in [2.24, 2.45) is 0 Å². The molecule has 0 aromatic heterocycles. The topological polar surface area (TPSA) is 39.8 Å². The molecular formula is C25H19F2N3O. The highest BCUT2D eigenvalue weighted by Crippen LogP contribution is 2.29. The number of benzene rings is 3. The molecule has 3 aromatic rings. The van der Waals surface area contributed by atoms with Crippen LogP contribution in [0.5, 0.6) is 0 Å². The summed E-state index contributed by atoms with van der Waals surface area (Å²) in [6.45, 7) is 2.78. The van der Waals surface area contributed by atoms with E-state index < -0.39 is 0 Å². The molecule has 2 aliphatic heterocycles. The number of pyridine rings is 1. The quantitative estimate of drug-likeness (QED) is 0.415. The van der Waals surface area contributed by atoms with Crippen molar-refractivity contribution in [1.82, 2.24) is 14.3 Å². The molecule has 0 radical (unpaired) electrons. The van der Waals surface area contributed by atoms with Gasteiger partial charge in [0.25, 0.3) is 5.56 Å². The highest BCUT2D eigenvalue weighted by Gasteiger charge is 2.21. The fourth-order valence-electron chi connectivity index (χ4n) is 3.96. The predicted molar refractivity (Wildman–Crippen MR) is 116 cm³/mol. The van der Waals surface area contributed by atoms with E-state index in [0.29, 0.717) is 23.2 Å². The van der Waals surface area contributed by atoms with Crippen molar-refractivity contribution in [3.05, 3.63) is 112 Å². The standard InChI is InChI=1S/C25H19F2N3O/c1-16-3-2-4-18(11-16)13-29-15-22-24(21-12-20(27)9-10-23(21)29)28-30(25(22)31)14-17-5-7-19(26)8-6-17/h2-12,15H,13-14H2,1H3. The average molecular weight is 415 g/mol. The lowest BCUT2D eigenvalue weighted by Crippen LogP contribution is -2.17. The maximum atomic E-state index is 14.1. The zero-order valence-corrected chi connectivity index (χ0v) is 16.8. The summed E-state index contributed by atoms with van der Waals surface area (Å²) >= 11 is 0. The third kappa shape index (κ3) is 3.61. The van der Waals surface area contributed by atoms with E-state index in [1.54, 1.807) is 24.4 Å². The molecule has 4 nitrogen and oxygen atoms in total. The summed E-state index contributed by atoms with van der Waals surface area (Å²) in [4.78, 5) is 13.1. The molecule has 5 rings (SSSR count). The number of hydrogen-bond donors (Lipinski definition) is 0. The summed E-state index contributed by atoms with van der Waals surface area (Å²) in [5, 5.41) is 5.08. The lowest BCUT2D eigenvalue weighted by atomic mass is 10.1. The number of aromatic nitrogens is 3. The van der Waals surface area contributed by atoms with Crippen LogP contribution in [0.4, 0.5) is 8.78 Å². The van der Waals surface area contributed by atoms with E-state index in [4.69, 9.17) is 0 Å². The van der Waals surface area contributed by atoms with Crippen molar-refractivity contribution in [3.63, 3.8) is 0 Å². The van der Waals surface area contributed by atoms with Crippen molar-refractivity contribution in [3.8, 4) is 11.3 Å². The number of halogens is 2. The van der Waals surface area contributed by atoms with Crippen molar-refractivity contribution in [2.45, 2.75) is 20.0 Å². The minimum atomic E-state index is -0.386. The first-order valence-electron chi connectivity index (χ1n) is 9.97. The number of hydrogen-bond acceptors (Lipinski definition) is 2. The Morgan fingerprint density at radius 2 is 1.65 bits per heavy atom. The second-order valence-electron chi connectivity index (χ2n) is 7.76. The summed E-state index contributed by atoms with van der Waals surface area (Å²) in [5.41, 5.74) is 4.40. The normalized spacial score (nSPS) is 11.5. The Labute approximate surface area is 177 Å². The summed E-state index contributed by atoms with van der Waals surface area (Å²) in [6.07, 6.45) is 1.79. The summed E-state index contributed by atoms with van der Waals surface area (Å²) in [7, 11) is 0. The maximum absolute atomic E-state index is 14.1. The van der Waals surface area contributed by atoms with Crippen LogP contribution in [0.2, 0.25) is 0 Å². The van der Waals surface area contributed by atoms with Crippen LogP contribution < -0.4 is 5.56 Å². The van der Waals surface area contributed by atoms with Crippen LogP contribution in [0.25, 0.3) is 22.2 Å². The first-order valence-corrected chi connectivity index (χ1v) is 9.97. The number of nitrogens with zero attached hydrogens (tertiary/aromatic N) is 3. The third-order valence-corrected chi connectivity index (χ3v) is 5.43. The van der Waals surface area contributed by atoms with E-state index in [0.717, 1.165) is 22.2 Å². The van der Waals surface area contributed by atoms with Crippen LogP contribution in [0.3, 0.4) is 0 Å². The third-order valence-electron chi connectivity index (χ3n) is 5.43. The van der Waals surface area contributed by atoms with E-state index in [-0.39, 0.29) is 23.7 Å². The van der Waals surface area contributed by atoms with Crippen molar-refractivity contribution < 1.29 is 8.78 Å². The molecular weight excluding hydrogens is 396 g/mol. The lowest BCUT2D eigenvalue weighted by molar-refractivity contribution is 0.623. The zero-order valence-electron chi connectivity index (χ0n) is 16.8. The highest BCUT2D eigenvalue weighted by atomic mass is 19.1. The molecule has 0 atom stereocenters. The molecule has 0 saturated heterocycles. The van der Waals surface area contributed by atoms with Gasteiger partial charge < -0.3 is 4.57 Å². The molecule has 0 aliphatic carbocycles. The molecule has 0 N–H and O–H groups in total. The fraction of sp³-hybridized carbons (Fsp3) is 0.120. The molecule has 0 spiro atoms. The smallest absolute Gasteiger partial charge is 0.278 e. The van der Waals surface area contributed by atoms with Crippen LogP contribution in [-0.2, 0) is 13.1 Å². The summed E-state index contributed by atoms with van der Waals surface area (Å²) in [5.74, 6) is -0.724. The van der Waals surface area contributed by atoms with Gasteiger partial charge in [-0.1, -0.05) is 42.0 Å². The van der Waals surface area contributed by atoms with E-state index >= 15 is 0 Å². The van der Waals surface area contributed by atoms with Crippen molar-refractivity contribution in [1.29, 1.82) is 0 Å². The molecule has 0 fully saturated rings. The average Bonchev–Trinajstić information content (AvgIpc) is 3.05. The van der Waals surface area contributed by atoms with Gasteiger partial charge in [0.1, 0.15) is 17.3 Å². The molecule has 0 saturated carbocycles. The van der Waals surface area contributed by atoms with E-state index in [9.17, 15) is 13.6 Å². The molecule has 3 aromatic carbocycles. The van der Waals surface area contributed by atoms with Gasteiger partial charge in [-0.15, -0.1) is 0 Å². The minimum absolute atomic E-state index is 0.211. The molecule has 6 heteroatoms. The number of fused-ring (bicyclic) bond motifs is 3. The monoisotopic (exact) mass is 415 g/mol. The molecule has 0 bridgehead atoms. The molecule has 31 heavy (non-hydrogen) atoms. The number of rotatable bonds is 4. The van der Waals surface area contributed by atoms with Crippen LogP contribution in [0, 0.1) is 18.6 Å². The Kier molecular flexibility index (Phi) is 4.62. The van der Waals surface area contributed by atoms with Gasteiger partial charge in [-0.2, -0.15) is 5.10 Å². The molecule has 154 valence electrons. The molecule has 2 heterocycles. The van der Waals surface area contributed by atoms with Crippen molar-refractivity contribution >= 4 is 10.9 Å². The Hall–Kier alpha value is -3.80. The van der Waals surface area contributed by atoms with Crippen molar-refractivity contribution in [2.75, 3.05) is 0 Å². The Bertz CT molecular complexity index is 1430. The SMILES string of the molecule is Cc1cccc(Cn2cc3c(=O)n(Cc4ccc(F)cc4)nc-3c3cc(F)ccc32)c1. The van der Waals surface area contributed by atoms with Gasteiger partial charge in [0.05, 0.1) is 17.6 Å². The van der Waals surface area contributed by atoms with E-state index in [2.05, 4.69) is 11.2 Å². The van der Waals surface area contributed by atoms with Crippen LogP contribution in [0.1, 0.15) is 16.7 Å². The van der Waals surface area contributed by atoms with Crippen LogP contribution >= 0.6 is 0 Å².